The van der Waals surface area contributed by atoms with Gasteiger partial charge in [-0.15, -0.1) is 43.1 Å². The van der Waals surface area contributed by atoms with Crippen LogP contribution in [0.4, 0.5) is 8.78 Å². The van der Waals surface area contributed by atoms with Gasteiger partial charge in [0.2, 0.25) is 0 Å². The molecule has 76 heavy (non-hydrogen) atoms. The van der Waals surface area contributed by atoms with Crippen LogP contribution >= 0.6 is 22.7 Å². The topological polar surface area (TPSA) is 292 Å². The average molecular weight is 1120 g/mol. The fourth-order valence-corrected chi connectivity index (χ4v) is 12.2. The van der Waals surface area contributed by atoms with Gasteiger partial charge in [0.1, 0.15) is 68.5 Å². The fourth-order valence-electron chi connectivity index (χ4n) is 7.51. The summed E-state index contributed by atoms with van der Waals surface area (Å²) in [5.41, 5.74) is -2.41. The van der Waals surface area contributed by atoms with Crippen molar-refractivity contribution in [1.82, 2.24) is 59.4 Å². The first-order chi connectivity index (χ1) is 36.1. The van der Waals surface area contributed by atoms with Gasteiger partial charge in [-0.2, -0.15) is 10.5 Å². The summed E-state index contributed by atoms with van der Waals surface area (Å²) in [6, 6.07) is 13.9. The van der Waals surface area contributed by atoms with E-state index in [1.54, 1.807) is 36.4 Å². The summed E-state index contributed by atoms with van der Waals surface area (Å²) in [5.74, 6) is 0.0865. The highest BCUT2D eigenvalue weighted by Crippen LogP contribution is 2.41. The van der Waals surface area contributed by atoms with Gasteiger partial charge in [-0.25, -0.2) is 55.5 Å². The quantitative estimate of drug-likeness (QED) is 0.0825. The number of sulfone groups is 2. The number of ether oxygens (including phenoxy) is 4. The van der Waals surface area contributed by atoms with Crippen LogP contribution in [-0.2, 0) is 42.5 Å². The minimum absolute atomic E-state index is 0.0130. The molecule has 0 unspecified atom stereocenters. The molecule has 8 aromatic rings. The lowest BCUT2D eigenvalue weighted by Crippen LogP contribution is -2.39. The Balaban J connectivity index is 0.000000221. The number of hydrogen-bond acceptors (Lipinski definition) is 22. The van der Waals surface area contributed by atoms with Crippen molar-refractivity contribution in [1.29, 1.82) is 10.5 Å². The van der Waals surface area contributed by atoms with Gasteiger partial charge in [-0.05, 0) is 65.8 Å². The molecule has 28 heteroatoms. The molecule has 0 aliphatic heterocycles. The van der Waals surface area contributed by atoms with Crippen molar-refractivity contribution >= 4 is 42.3 Å². The third-order valence-corrected chi connectivity index (χ3v) is 18.3. The number of nitriles is 2. The van der Waals surface area contributed by atoms with E-state index in [9.17, 15) is 16.8 Å². The van der Waals surface area contributed by atoms with Crippen molar-refractivity contribution in [2.24, 2.45) is 0 Å². The predicted molar refractivity (Wildman–Crippen MR) is 275 cm³/mol. The van der Waals surface area contributed by atoms with E-state index in [4.69, 9.17) is 29.5 Å². The summed E-state index contributed by atoms with van der Waals surface area (Å²) < 4.78 is 111. The SMILES string of the molecule is COc1cccc(OC)c1-n1c(CS(=O)(=O)[C@@H](C)[C@](C)(F)c2ncc(C#N)cn2)nnc1-c1nc(C)cs1.COc1cccc(OC)c1-n1c(CS(=O)(=O)[C@H](C)[C@@](C)(F)c2ncc(C#N)cn2)nnc1-c1nc(C)cs1. The number of benzene rings is 2. The van der Waals surface area contributed by atoms with E-state index in [0.717, 1.165) is 50.0 Å². The molecule has 22 nitrogen and oxygen atoms in total. The summed E-state index contributed by atoms with van der Waals surface area (Å²) in [6.07, 6.45) is 4.58. The van der Waals surface area contributed by atoms with Gasteiger partial charge in [-0.3, -0.25) is 9.13 Å². The number of methoxy groups -OCH3 is 4. The Labute approximate surface area is 443 Å². The molecule has 0 saturated heterocycles. The molecule has 396 valence electrons. The highest BCUT2D eigenvalue weighted by molar-refractivity contribution is 7.91. The molecule has 0 aliphatic carbocycles. The molecule has 0 amide bonds. The van der Waals surface area contributed by atoms with Crippen LogP contribution in [-0.4, -0.2) is 115 Å². The van der Waals surface area contributed by atoms with E-state index in [2.05, 4.69) is 50.3 Å². The number of halogens is 2. The highest BCUT2D eigenvalue weighted by atomic mass is 32.2. The molecule has 0 fully saturated rings. The minimum Gasteiger partial charge on any atom is -0.494 e. The molecule has 0 saturated carbocycles. The molecule has 0 aliphatic rings. The Morgan fingerprint density at radius 2 is 0.908 bits per heavy atom. The van der Waals surface area contributed by atoms with Crippen molar-refractivity contribution in [3.05, 3.63) is 118 Å². The standard InChI is InChI=1S/2C24H24FN7O4S2/c2*1-14-12-37-22(29-14)21-31-30-19(32(21)20-17(35-4)7-6-8-18(20)36-5)13-38(33,34)15(2)24(3,25)23-27-10-16(9-26)11-28-23/h2*6-8,10-12,15H,13H2,1-5H3/t2*15-,24-/m10/s1. The van der Waals surface area contributed by atoms with Crippen LogP contribution in [0.3, 0.4) is 0 Å². The third-order valence-electron chi connectivity index (χ3n) is 12.0. The van der Waals surface area contributed by atoms with Crippen molar-refractivity contribution in [3.8, 4) is 68.2 Å². The zero-order valence-electron chi connectivity index (χ0n) is 42.4. The highest BCUT2D eigenvalue weighted by Gasteiger charge is 2.46. The molecular formula is C48H48F2N14O8S4. The number of hydrogen-bond donors (Lipinski definition) is 0. The zero-order valence-corrected chi connectivity index (χ0v) is 45.7. The fraction of sp³-hybridized carbons (Fsp3) is 0.333. The van der Waals surface area contributed by atoms with Crippen LogP contribution in [0.5, 0.6) is 23.0 Å². The molecule has 4 atom stereocenters. The first-order valence-electron chi connectivity index (χ1n) is 22.5. The van der Waals surface area contributed by atoms with Crippen molar-refractivity contribution in [2.75, 3.05) is 28.4 Å². The number of thiazole rings is 2. The molecule has 6 aromatic heterocycles. The lowest BCUT2D eigenvalue weighted by Gasteiger charge is -2.26. The van der Waals surface area contributed by atoms with Crippen molar-refractivity contribution in [2.45, 2.75) is 74.9 Å². The third kappa shape index (κ3) is 11.2. The number of para-hydroxylation sites is 2. The lowest BCUT2D eigenvalue weighted by molar-refractivity contribution is 0.174. The largest absolute Gasteiger partial charge is 0.494 e. The number of rotatable bonds is 18. The zero-order chi connectivity index (χ0) is 55.3. The van der Waals surface area contributed by atoms with Crippen molar-refractivity contribution in [3.63, 3.8) is 0 Å². The van der Waals surface area contributed by atoms with E-state index in [-0.39, 0.29) is 46.1 Å². The van der Waals surface area contributed by atoms with Crippen molar-refractivity contribution < 1.29 is 44.6 Å². The first-order valence-corrected chi connectivity index (χ1v) is 27.7. The Bertz CT molecular complexity index is 3420. The average Bonchev–Trinajstić information content (AvgIpc) is 4.24. The maximum absolute atomic E-state index is 15.9. The van der Waals surface area contributed by atoms with E-state index in [1.165, 1.54) is 74.1 Å². The second-order valence-corrected chi connectivity index (χ2v) is 23.4. The van der Waals surface area contributed by atoms with Gasteiger partial charge in [0.15, 0.2) is 76.0 Å². The number of aryl methyl sites for hydroxylation is 2. The maximum Gasteiger partial charge on any atom is 0.197 e. The van der Waals surface area contributed by atoms with E-state index in [1.807, 2.05) is 36.7 Å². The van der Waals surface area contributed by atoms with Crippen LogP contribution in [0.1, 0.15) is 73.5 Å². The Kier molecular flexibility index (Phi) is 16.5. The van der Waals surface area contributed by atoms with E-state index in [0.29, 0.717) is 44.4 Å². The van der Waals surface area contributed by atoms with E-state index < -0.39 is 53.0 Å². The first kappa shape index (κ1) is 55.8. The number of alkyl halides is 2. The lowest BCUT2D eigenvalue weighted by atomic mass is 10.0. The Hall–Kier alpha value is -7.92. The maximum atomic E-state index is 15.9. The van der Waals surface area contributed by atoms with Crippen LogP contribution < -0.4 is 18.9 Å². The molecule has 0 bridgehead atoms. The van der Waals surface area contributed by atoms with Gasteiger partial charge < -0.3 is 18.9 Å². The van der Waals surface area contributed by atoms with Crippen LogP contribution in [0.2, 0.25) is 0 Å². The van der Waals surface area contributed by atoms with Gasteiger partial charge in [0.05, 0.1) is 39.6 Å². The van der Waals surface area contributed by atoms with Gasteiger partial charge in [0, 0.05) is 46.9 Å². The van der Waals surface area contributed by atoms with Gasteiger partial charge in [-0.1, -0.05) is 12.1 Å². The summed E-state index contributed by atoms with van der Waals surface area (Å²) in [6.45, 7) is 8.32. The normalized spacial score (nSPS) is 13.9. The smallest absolute Gasteiger partial charge is 0.197 e. The summed E-state index contributed by atoms with van der Waals surface area (Å²) in [7, 11) is -2.53. The van der Waals surface area contributed by atoms with Crippen LogP contribution in [0.15, 0.2) is 71.9 Å². The van der Waals surface area contributed by atoms with Crippen LogP contribution in [0, 0.1) is 36.5 Å². The monoisotopic (exact) mass is 1110 g/mol. The summed E-state index contributed by atoms with van der Waals surface area (Å²) in [4.78, 5) is 24.5. The van der Waals surface area contributed by atoms with Crippen LogP contribution in [0.25, 0.3) is 33.0 Å². The number of nitrogens with zero attached hydrogens (tertiary/aromatic N) is 14. The second-order valence-electron chi connectivity index (χ2n) is 17.0. The molecule has 0 spiro atoms. The van der Waals surface area contributed by atoms with Gasteiger partial charge >= 0.3 is 0 Å². The molecule has 6 heterocycles. The van der Waals surface area contributed by atoms with Gasteiger partial charge in [0.25, 0.3) is 0 Å². The summed E-state index contributed by atoms with van der Waals surface area (Å²) >= 11 is 2.63. The predicted octanol–water partition coefficient (Wildman–Crippen LogP) is 7.13. The molecule has 0 N–H and O–H groups in total. The molecule has 2 aromatic carbocycles. The second kappa shape index (κ2) is 22.5. The molecule has 8 rings (SSSR count). The Morgan fingerprint density at radius 1 is 0.592 bits per heavy atom. The van der Waals surface area contributed by atoms with E-state index >= 15 is 8.78 Å². The number of aromatic nitrogens is 12. The minimum atomic E-state index is -4.21. The molecular weight excluding hydrogens is 1070 g/mol. The Morgan fingerprint density at radius 3 is 1.17 bits per heavy atom. The molecule has 0 radical (unpaired) electrons. The summed E-state index contributed by atoms with van der Waals surface area (Å²) in [5, 5.41) is 36.3.